The van der Waals surface area contributed by atoms with Gasteiger partial charge < -0.3 is 10.4 Å². The van der Waals surface area contributed by atoms with Gasteiger partial charge in [-0.1, -0.05) is 6.92 Å². The van der Waals surface area contributed by atoms with Gasteiger partial charge in [-0.25, -0.2) is 0 Å². The molecule has 1 heterocycles. The lowest BCUT2D eigenvalue weighted by Crippen LogP contribution is -2.27. The molecule has 17 heavy (non-hydrogen) atoms. The number of nitrogens with one attached hydrogen (secondary N) is 1. The van der Waals surface area contributed by atoms with Crippen LogP contribution in [-0.4, -0.2) is 38.3 Å². The molecule has 0 spiro atoms. The van der Waals surface area contributed by atoms with Crippen LogP contribution in [0, 0.1) is 0 Å². The normalized spacial score (nSPS) is 14.0. The molecule has 0 radical (unpaired) electrons. The van der Waals surface area contributed by atoms with E-state index in [1.165, 1.54) is 18.5 Å². The molecule has 0 fully saturated rings. The van der Waals surface area contributed by atoms with Crippen molar-refractivity contribution in [3.05, 3.63) is 24.0 Å². The van der Waals surface area contributed by atoms with E-state index in [1.54, 1.807) is 6.26 Å². The second-order valence-electron chi connectivity index (χ2n) is 3.79. The zero-order chi connectivity index (χ0) is 12.8. The van der Waals surface area contributed by atoms with Gasteiger partial charge in [-0.05, 0) is 12.5 Å². The summed E-state index contributed by atoms with van der Waals surface area (Å²) in [7, 11) is -0.877. The topological polar surface area (TPSA) is 79.3 Å². The molecule has 1 aromatic rings. The molecule has 0 saturated carbocycles. The fraction of sp³-hybridized carbons (Fsp3) is 0.455. The number of aromatic nitrogens is 1. The van der Waals surface area contributed by atoms with Gasteiger partial charge in [-0.3, -0.25) is 14.0 Å². The molecule has 0 bridgehead atoms. The van der Waals surface area contributed by atoms with Crippen LogP contribution in [0.3, 0.4) is 0 Å². The van der Waals surface area contributed by atoms with Crippen molar-refractivity contribution in [2.75, 3.05) is 12.8 Å². The van der Waals surface area contributed by atoms with Gasteiger partial charge in [0.05, 0.1) is 11.8 Å². The van der Waals surface area contributed by atoms with Crippen LogP contribution in [0.1, 0.15) is 23.7 Å². The summed E-state index contributed by atoms with van der Waals surface area (Å²) in [6, 6.07) is 1.35. The highest BCUT2D eigenvalue weighted by Gasteiger charge is 2.09. The van der Waals surface area contributed by atoms with Crippen molar-refractivity contribution in [3.63, 3.8) is 0 Å². The number of rotatable bonds is 5. The fourth-order valence-corrected chi connectivity index (χ4v) is 1.66. The molecule has 0 aromatic carbocycles. The summed E-state index contributed by atoms with van der Waals surface area (Å²) in [5, 5.41) is 11.9. The van der Waals surface area contributed by atoms with E-state index in [0.717, 1.165) is 0 Å². The molecule has 0 saturated heterocycles. The van der Waals surface area contributed by atoms with Gasteiger partial charge in [0.25, 0.3) is 5.91 Å². The summed E-state index contributed by atoms with van der Waals surface area (Å²) in [6.45, 7) is 2.33. The molecular formula is C11H16N2O3S. The van der Waals surface area contributed by atoms with Gasteiger partial charge >= 0.3 is 0 Å². The molecule has 0 aliphatic carbocycles. The molecule has 2 N–H and O–H groups in total. The first-order valence-electron chi connectivity index (χ1n) is 5.25. The maximum absolute atomic E-state index is 11.6. The van der Waals surface area contributed by atoms with E-state index < -0.39 is 10.8 Å². The zero-order valence-electron chi connectivity index (χ0n) is 9.84. The Morgan fingerprint density at radius 2 is 2.29 bits per heavy atom. The van der Waals surface area contributed by atoms with Crippen LogP contribution in [0.15, 0.2) is 18.5 Å². The summed E-state index contributed by atoms with van der Waals surface area (Å²) in [4.78, 5) is 15.3. The van der Waals surface area contributed by atoms with Crippen molar-refractivity contribution in [2.24, 2.45) is 0 Å². The van der Waals surface area contributed by atoms with Gasteiger partial charge in [0.1, 0.15) is 5.75 Å². The molecule has 0 aliphatic heterocycles. The number of amides is 1. The Balaban J connectivity index is 2.43. The van der Waals surface area contributed by atoms with Crippen LogP contribution < -0.4 is 5.32 Å². The molecule has 2 atom stereocenters. The second-order valence-corrected chi connectivity index (χ2v) is 5.59. The Morgan fingerprint density at radius 3 is 2.88 bits per heavy atom. The van der Waals surface area contributed by atoms with E-state index in [9.17, 15) is 9.00 Å². The molecule has 2 unspecified atom stereocenters. The van der Waals surface area contributed by atoms with Crippen molar-refractivity contribution < 1.29 is 14.1 Å². The third-order valence-corrected chi connectivity index (χ3v) is 3.76. The highest BCUT2D eigenvalue weighted by molar-refractivity contribution is 7.84. The van der Waals surface area contributed by atoms with Crippen molar-refractivity contribution in [1.82, 2.24) is 10.3 Å². The van der Waals surface area contributed by atoms with Crippen molar-refractivity contribution in [1.29, 1.82) is 0 Å². The first-order valence-corrected chi connectivity index (χ1v) is 6.87. The average molecular weight is 256 g/mol. The molecular weight excluding hydrogens is 240 g/mol. The Kier molecular flexibility index (Phi) is 5.09. The summed E-state index contributed by atoms with van der Waals surface area (Å²) in [6.07, 6.45) is 4.95. The number of carbonyl (C=O) groups is 1. The quantitative estimate of drug-likeness (QED) is 0.811. The van der Waals surface area contributed by atoms with E-state index in [0.29, 0.717) is 18.5 Å². The third kappa shape index (κ3) is 4.52. The van der Waals surface area contributed by atoms with Crippen molar-refractivity contribution >= 4 is 16.7 Å². The van der Waals surface area contributed by atoms with Crippen LogP contribution in [0.2, 0.25) is 0 Å². The molecule has 0 aliphatic rings. The summed E-state index contributed by atoms with van der Waals surface area (Å²) >= 11 is 0. The number of aromatic hydroxyl groups is 1. The lowest BCUT2D eigenvalue weighted by atomic mass is 10.2. The number of hydrogen-bond donors (Lipinski definition) is 2. The molecule has 94 valence electrons. The molecule has 1 rings (SSSR count). The maximum Gasteiger partial charge on any atom is 0.252 e. The monoisotopic (exact) mass is 256 g/mol. The lowest BCUT2D eigenvalue weighted by Gasteiger charge is -2.09. The SMILES string of the molecule is CC(CCNC(=O)c1cncc(O)c1)S(C)=O. The fourth-order valence-electron chi connectivity index (χ4n) is 1.21. The van der Waals surface area contributed by atoms with Gasteiger partial charge in [-0.15, -0.1) is 0 Å². The minimum Gasteiger partial charge on any atom is -0.506 e. The first kappa shape index (κ1) is 13.6. The smallest absolute Gasteiger partial charge is 0.252 e. The number of pyridine rings is 1. The molecule has 1 amide bonds. The minimum atomic E-state index is -0.877. The van der Waals surface area contributed by atoms with Gasteiger partial charge in [-0.2, -0.15) is 0 Å². The predicted molar refractivity (Wildman–Crippen MR) is 66.4 cm³/mol. The van der Waals surface area contributed by atoms with Crippen LogP contribution in [-0.2, 0) is 10.8 Å². The highest BCUT2D eigenvalue weighted by atomic mass is 32.2. The highest BCUT2D eigenvalue weighted by Crippen LogP contribution is 2.08. The second kappa shape index (κ2) is 6.34. The van der Waals surface area contributed by atoms with Gasteiger partial charge in [0.2, 0.25) is 0 Å². The van der Waals surface area contributed by atoms with Crippen LogP contribution in [0.25, 0.3) is 0 Å². The minimum absolute atomic E-state index is 0.0410. The maximum atomic E-state index is 11.6. The van der Waals surface area contributed by atoms with E-state index in [1.807, 2.05) is 6.92 Å². The number of carbonyl (C=O) groups excluding carboxylic acids is 1. The first-order chi connectivity index (χ1) is 8.00. The Labute approximate surface area is 103 Å². The Hall–Kier alpha value is -1.43. The number of nitrogens with zero attached hydrogens (tertiary/aromatic N) is 1. The van der Waals surface area contributed by atoms with Crippen molar-refractivity contribution in [2.45, 2.75) is 18.6 Å². The Bertz CT molecular complexity index is 423. The summed E-state index contributed by atoms with van der Waals surface area (Å²) < 4.78 is 11.1. The molecule has 1 aromatic heterocycles. The van der Waals surface area contributed by atoms with E-state index in [4.69, 9.17) is 5.11 Å². The van der Waals surface area contributed by atoms with Crippen LogP contribution >= 0.6 is 0 Å². The summed E-state index contributed by atoms with van der Waals surface area (Å²) in [5.74, 6) is -0.330. The van der Waals surface area contributed by atoms with E-state index in [-0.39, 0.29) is 16.9 Å². The zero-order valence-corrected chi connectivity index (χ0v) is 10.7. The lowest BCUT2D eigenvalue weighted by molar-refractivity contribution is 0.0952. The van der Waals surface area contributed by atoms with E-state index >= 15 is 0 Å². The van der Waals surface area contributed by atoms with Crippen LogP contribution in [0.5, 0.6) is 5.75 Å². The Morgan fingerprint density at radius 1 is 1.59 bits per heavy atom. The largest absolute Gasteiger partial charge is 0.506 e. The van der Waals surface area contributed by atoms with Crippen LogP contribution in [0.4, 0.5) is 0 Å². The van der Waals surface area contributed by atoms with Gasteiger partial charge in [0, 0.05) is 35.0 Å². The summed E-state index contributed by atoms with van der Waals surface area (Å²) in [5.41, 5.74) is 0.315. The van der Waals surface area contributed by atoms with Crippen molar-refractivity contribution in [3.8, 4) is 5.75 Å². The molecule has 5 nitrogen and oxygen atoms in total. The predicted octanol–water partition coefficient (Wildman–Crippen LogP) is 0.674. The van der Waals surface area contributed by atoms with Gasteiger partial charge in [0.15, 0.2) is 0 Å². The molecule has 6 heteroatoms. The average Bonchev–Trinajstić information content (AvgIpc) is 2.28. The van der Waals surface area contributed by atoms with E-state index in [2.05, 4.69) is 10.3 Å². The standard InChI is InChI=1S/C11H16N2O3S/c1-8(17(2)16)3-4-13-11(15)9-5-10(14)7-12-6-9/h5-8,14H,3-4H2,1-2H3,(H,13,15). The third-order valence-electron chi connectivity index (χ3n) is 2.39. The number of hydrogen-bond acceptors (Lipinski definition) is 4.